The lowest BCUT2D eigenvalue weighted by Gasteiger charge is -2.18. The topological polar surface area (TPSA) is 44.5 Å². The Morgan fingerprint density at radius 1 is 1.05 bits per heavy atom. The van der Waals surface area contributed by atoms with Crippen molar-refractivity contribution in [2.75, 3.05) is 5.73 Å². The molecule has 0 heterocycles. The Balaban J connectivity index is 2.64. The lowest BCUT2D eigenvalue weighted by Crippen LogP contribution is -2.14. The van der Waals surface area contributed by atoms with Crippen molar-refractivity contribution >= 4 is 5.69 Å². The van der Waals surface area contributed by atoms with E-state index in [1.54, 1.807) is 6.07 Å². The first-order chi connectivity index (χ1) is 9.93. The van der Waals surface area contributed by atoms with Gasteiger partial charge in [-0.2, -0.15) is 0 Å². The molecule has 0 saturated heterocycles. The second-order valence-corrected chi connectivity index (χ2v) is 5.76. The third kappa shape index (κ3) is 6.23. The predicted octanol–water partition coefficient (Wildman–Crippen LogP) is 4.93. The van der Waals surface area contributed by atoms with Crippen molar-refractivity contribution in [1.82, 2.24) is 0 Å². The van der Waals surface area contributed by atoms with E-state index in [1.165, 1.54) is 25.3 Å². The molecule has 0 spiro atoms. The number of anilines is 1. The van der Waals surface area contributed by atoms with Crippen LogP contribution in [0.2, 0.25) is 0 Å². The van der Waals surface area contributed by atoms with E-state index in [0.717, 1.165) is 12.8 Å². The summed E-state index contributed by atoms with van der Waals surface area (Å²) >= 11 is 0. The van der Waals surface area contributed by atoms with Gasteiger partial charge in [-0.3, -0.25) is 0 Å². The van der Waals surface area contributed by atoms with E-state index in [-0.39, 0.29) is 18.0 Å². The summed E-state index contributed by atoms with van der Waals surface area (Å²) in [6.07, 6.45) is 5.74. The minimum absolute atomic E-state index is 0.0570. The van der Waals surface area contributed by atoms with Gasteiger partial charge in [0.15, 0.2) is 11.6 Å². The average Bonchev–Trinajstić information content (AvgIpc) is 2.40. The molecule has 0 bridgehead atoms. The maximum atomic E-state index is 13.8. The summed E-state index contributed by atoms with van der Waals surface area (Å²) in [5, 5.41) is 0. The van der Waals surface area contributed by atoms with Crippen molar-refractivity contribution in [2.24, 2.45) is 0 Å². The Morgan fingerprint density at radius 3 is 2.38 bits per heavy atom. The van der Waals surface area contributed by atoms with Crippen molar-refractivity contribution in [2.45, 2.75) is 72.0 Å². The molecule has 0 amide bonds. The smallest absolute Gasteiger partial charge is 0.167 e. The Kier molecular flexibility index (Phi) is 7.34. The molecule has 3 nitrogen and oxygen atoms in total. The van der Waals surface area contributed by atoms with Gasteiger partial charge in [0.1, 0.15) is 5.75 Å². The van der Waals surface area contributed by atoms with Crippen LogP contribution in [0, 0.1) is 5.82 Å². The number of hydrogen-bond donors (Lipinski definition) is 1. The number of rotatable bonds is 9. The molecule has 21 heavy (non-hydrogen) atoms. The number of benzene rings is 1. The maximum Gasteiger partial charge on any atom is 0.167 e. The van der Waals surface area contributed by atoms with Gasteiger partial charge in [-0.1, -0.05) is 26.2 Å². The maximum absolute atomic E-state index is 13.8. The minimum Gasteiger partial charge on any atom is -0.488 e. The summed E-state index contributed by atoms with van der Waals surface area (Å²) in [5.74, 6) is 0.228. The first kappa shape index (κ1) is 17.6. The molecule has 1 rings (SSSR count). The van der Waals surface area contributed by atoms with E-state index < -0.39 is 5.82 Å². The molecule has 0 aliphatic rings. The highest BCUT2D eigenvalue weighted by Crippen LogP contribution is 2.31. The van der Waals surface area contributed by atoms with E-state index in [1.807, 2.05) is 20.8 Å². The second kappa shape index (κ2) is 8.75. The molecule has 1 aromatic carbocycles. The van der Waals surface area contributed by atoms with Gasteiger partial charge in [0.05, 0.1) is 17.9 Å². The number of nitrogen functional groups attached to an aromatic ring is 1. The molecule has 0 aromatic heterocycles. The van der Waals surface area contributed by atoms with Crippen LogP contribution in [0.4, 0.5) is 10.1 Å². The monoisotopic (exact) mass is 297 g/mol. The van der Waals surface area contributed by atoms with Crippen LogP contribution in [0.25, 0.3) is 0 Å². The summed E-state index contributed by atoms with van der Waals surface area (Å²) in [4.78, 5) is 0. The lowest BCUT2D eigenvalue weighted by molar-refractivity contribution is 0.201. The van der Waals surface area contributed by atoms with Gasteiger partial charge in [-0.15, -0.1) is 0 Å². The molecule has 1 atom stereocenters. The van der Waals surface area contributed by atoms with Gasteiger partial charge in [-0.05, 0) is 33.6 Å². The van der Waals surface area contributed by atoms with Crippen LogP contribution >= 0.6 is 0 Å². The summed E-state index contributed by atoms with van der Waals surface area (Å²) in [6.45, 7) is 7.91. The molecule has 120 valence electrons. The Hall–Kier alpha value is -1.45. The second-order valence-electron chi connectivity index (χ2n) is 5.76. The Morgan fingerprint density at radius 2 is 1.76 bits per heavy atom. The summed E-state index contributed by atoms with van der Waals surface area (Å²) < 4.78 is 25.0. The van der Waals surface area contributed by atoms with Crippen LogP contribution in [-0.4, -0.2) is 12.2 Å². The highest BCUT2D eigenvalue weighted by molar-refractivity contribution is 5.56. The van der Waals surface area contributed by atoms with Gasteiger partial charge < -0.3 is 15.2 Å². The van der Waals surface area contributed by atoms with Crippen LogP contribution in [-0.2, 0) is 0 Å². The molecule has 0 radical (unpaired) electrons. The lowest BCUT2D eigenvalue weighted by atomic mass is 10.1. The van der Waals surface area contributed by atoms with E-state index in [0.29, 0.717) is 11.4 Å². The normalized spacial score (nSPS) is 12.5. The molecule has 2 N–H and O–H groups in total. The Labute approximate surface area is 127 Å². The van der Waals surface area contributed by atoms with E-state index in [4.69, 9.17) is 15.2 Å². The van der Waals surface area contributed by atoms with Crippen LogP contribution in [0.3, 0.4) is 0 Å². The Bertz CT molecular complexity index is 435. The standard InChI is InChI=1S/C17H28FNO2/c1-5-6-7-8-9-13(4)21-17-11-16(20-12(2)3)14(18)10-15(17)19/h10-13H,5-9,19H2,1-4H3. The van der Waals surface area contributed by atoms with E-state index >= 15 is 0 Å². The van der Waals surface area contributed by atoms with Crippen LogP contribution < -0.4 is 15.2 Å². The molecule has 0 fully saturated rings. The van der Waals surface area contributed by atoms with Gasteiger partial charge in [-0.25, -0.2) is 4.39 Å². The highest BCUT2D eigenvalue weighted by atomic mass is 19.1. The molecule has 0 aliphatic carbocycles. The first-order valence-electron chi connectivity index (χ1n) is 7.86. The van der Waals surface area contributed by atoms with E-state index in [9.17, 15) is 4.39 Å². The van der Waals surface area contributed by atoms with Crippen LogP contribution in [0.1, 0.15) is 59.8 Å². The first-order valence-corrected chi connectivity index (χ1v) is 7.86. The minimum atomic E-state index is -0.454. The SMILES string of the molecule is CCCCCCC(C)Oc1cc(OC(C)C)c(F)cc1N. The largest absolute Gasteiger partial charge is 0.488 e. The zero-order chi connectivity index (χ0) is 15.8. The highest BCUT2D eigenvalue weighted by Gasteiger charge is 2.13. The molecular formula is C17H28FNO2. The average molecular weight is 297 g/mol. The number of ether oxygens (including phenoxy) is 2. The van der Waals surface area contributed by atoms with E-state index in [2.05, 4.69) is 6.92 Å². The number of hydrogen-bond acceptors (Lipinski definition) is 3. The third-order valence-corrected chi connectivity index (χ3v) is 3.22. The number of nitrogens with two attached hydrogens (primary N) is 1. The quantitative estimate of drug-likeness (QED) is 0.519. The zero-order valence-electron chi connectivity index (χ0n) is 13.6. The van der Waals surface area contributed by atoms with Gasteiger partial charge in [0, 0.05) is 12.1 Å². The van der Waals surface area contributed by atoms with Gasteiger partial charge in [0.2, 0.25) is 0 Å². The predicted molar refractivity (Wildman–Crippen MR) is 85.4 cm³/mol. The molecule has 0 aliphatic heterocycles. The summed E-state index contributed by atoms with van der Waals surface area (Å²) in [5.41, 5.74) is 6.13. The molecule has 0 saturated carbocycles. The zero-order valence-corrected chi connectivity index (χ0v) is 13.6. The fraction of sp³-hybridized carbons (Fsp3) is 0.647. The summed E-state index contributed by atoms with van der Waals surface area (Å²) in [6, 6.07) is 2.81. The van der Waals surface area contributed by atoms with Crippen molar-refractivity contribution in [3.8, 4) is 11.5 Å². The number of halogens is 1. The van der Waals surface area contributed by atoms with Crippen LogP contribution in [0.5, 0.6) is 11.5 Å². The van der Waals surface area contributed by atoms with Crippen molar-refractivity contribution in [1.29, 1.82) is 0 Å². The molecule has 1 unspecified atom stereocenters. The van der Waals surface area contributed by atoms with Gasteiger partial charge >= 0.3 is 0 Å². The molecule has 1 aromatic rings. The molecular weight excluding hydrogens is 269 g/mol. The van der Waals surface area contributed by atoms with Gasteiger partial charge in [0.25, 0.3) is 0 Å². The molecule has 4 heteroatoms. The van der Waals surface area contributed by atoms with Crippen molar-refractivity contribution in [3.05, 3.63) is 17.9 Å². The van der Waals surface area contributed by atoms with Crippen molar-refractivity contribution in [3.63, 3.8) is 0 Å². The summed E-state index contributed by atoms with van der Waals surface area (Å²) in [7, 11) is 0. The third-order valence-electron chi connectivity index (χ3n) is 3.22. The fourth-order valence-electron chi connectivity index (χ4n) is 2.13. The van der Waals surface area contributed by atoms with Crippen LogP contribution in [0.15, 0.2) is 12.1 Å². The van der Waals surface area contributed by atoms with Crippen molar-refractivity contribution < 1.29 is 13.9 Å². The number of unbranched alkanes of at least 4 members (excludes halogenated alkanes) is 3. The fourth-order valence-corrected chi connectivity index (χ4v) is 2.13.